The lowest BCUT2D eigenvalue weighted by Gasteiger charge is -2.64. The van der Waals surface area contributed by atoms with Crippen LogP contribution in [0.4, 0.5) is 0 Å². The summed E-state index contributed by atoms with van der Waals surface area (Å²) in [5.41, 5.74) is -7.89. The van der Waals surface area contributed by atoms with Gasteiger partial charge in [-0.1, -0.05) is 27.7 Å². The fraction of sp³-hybridized carbons (Fsp3) is 0.946. The van der Waals surface area contributed by atoms with Gasteiger partial charge in [0.15, 0.2) is 17.8 Å². The number of aliphatic hydroxyl groups excluding tert-OH is 3. The lowest BCUT2D eigenvalue weighted by Crippen LogP contribution is -2.77. The van der Waals surface area contributed by atoms with Crippen LogP contribution in [0.25, 0.3) is 0 Å². The van der Waals surface area contributed by atoms with Crippen molar-refractivity contribution >= 4 is 11.9 Å². The van der Waals surface area contributed by atoms with E-state index in [4.69, 9.17) is 14.2 Å². The molecule has 7 rings (SSSR count). The Bertz CT molecular complexity index is 1390. The van der Waals surface area contributed by atoms with E-state index < -0.39 is 112 Å². The molecule has 7 fully saturated rings. The Morgan fingerprint density at radius 1 is 1.06 bits per heavy atom. The molecule has 0 unspecified atom stereocenters. The van der Waals surface area contributed by atoms with Crippen molar-refractivity contribution in [2.45, 2.75) is 158 Å². The van der Waals surface area contributed by atoms with E-state index in [-0.39, 0.29) is 25.3 Å². The van der Waals surface area contributed by atoms with Gasteiger partial charge in [-0.05, 0) is 83.5 Å². The van der Waals surface area contributed by atoms with E-state index in [1.54, 1.807) is 13.8 Å². The summed E-state index contributed by atoms with van der Waals surface area (Å²) in [6, 6.07) is -0.238. The second-order valence-electron chi connectivity index (χ2n) is 18.2. The fourth-order valence-corrected chi connectivity index (χ4v) is 12.5. The summed E-state index contributed by atoms with van der Waals surface area (Å²) in [6.45, 7) is 13.1. The molecule has 4 bridgehead atoms. The molecule has 7 aliphatic rings. The highest BCUT2D eigenvalue weighted by Crippen LogP contribution is 2.77. The van der Waals surface area contributed by atoms with Crippen LogP contribution in [0.3, 0.4) is 0 Å². The van der Waals surface area contributed by atoms with Crippen LogP contribution in [0.5, 0.6) is 0 Å². The van der Waals surface area contributed by atoms with E-state index in [0.717, 1.165) is 26.3 Å². The van der Waals surface area contributed by atoms with Gasteiger partial charge in [0.2, 0.25) is 5.79 Å². The average Bonchev–Trinajstić information content (AvgIpc) is 3.31. The Hall–Kier alpha value is -1.42. The molecule has 3 heterocycles. The maximum atomic E-state index is 13.5. The number of rotatable bonds is 6. The third-order valence-corrected chi connectivity index (χ3v) is 15.5. The minimum Gasteiger partial charge on any atom is -0.456 e. The Balaban J connectivity index is 1.34. The molecule has 13 heteroatoms. The lowest BCUT2D eigenvalue weighted by molar-refractivity contribution is -0.300. The summed E-state index contributed by atoms with van der Waals surface area (Å²) >= 11 is 0. The van der Waals surface area contributed by atoms with Crippen LogP contribution in [0.1, 0.15) is 93.4 Å². The zero-order valence-corrected chi connectivity index (χ0v) is 30.5. The smallest absolute Gasteiger partial charge is 0.341 e. The number of nitrogens with zero attached hydrogens (tertiary/aromatic N) is 1. The van der Waals surface area contributed by atoms with Crippen molar-refractivity contribution < 1.29 is 59.5 Å². The van der Waals surface area contributed by atoms with E-state index in [0.29, 0.717) is 25.3 Å². The van der Waals surface area contributed by atoms with Gasteiger partial charge < -0.3 is 50.0 Å². The first-order valence-corrected chi connectivity index (χ1v) is 18.9. The van der Waals surface area contributed by atoms with Gasteiger partial charge in [-0.3, -0.25) is 9.69 Å². The number of aliphatic hydroxyl groups is 7. The number of piperidine rings is 2. The largest absolute Gasteiger partial charge is 0.456 e. The zero-order chi connectivity index (χ0) is 36.7. The van der Waals surface area contributed by atoms with Gasteiger partial charge in [-0.2, -0.15) is 0 Å². The number of hydrogen-bond acceptors (Lipinski definition) is 13. The van der Waals surface area contributed by atoms with E-state index in [1.165, 1.54) is 6.92 Å². The number of ether oxygens (including phenoxy) is 3. The molecule has 3 aliphatic heterocycles. The van der Waals surface area contributed by atoms with Crippen molar-refractivity contribution in [1.82, 2.24) is 4.90 Å². The second-order valence-corrected chi connectivity index (χ2v) is 18.2. The normalized spacial score (nSPS) is 54.6. The molecule has 284 valence electrons. The standard InChI is InChI=1S/C37H59NO12/c1-8-18(3)30(42)49-29-27(41)26-20(16-38-15-17(2)9-10-24(38)34(26,7)45)21-14-35-28(36(21,29)46)22(40)13-23-32(35,5)12-11-25(37(23,47)50-35)48-31(43)33(6,44)19(4)39/h17-29,39-41,44-47H,8-16H2,1-7H3/t17-,18-,19+,20+,21-,22+,23+,24+,25+,26-,27+,28+,29-,32-,33+,34+,35+,36-,37-/m0/s1. The Morgan fingerprint density at radius 2 is 1.74 bits per heavy atom. The van der Waals surface area contributed by atoms with Crippen LogP contribution in [0.15, 0.2) is 0 Å². The maximum Gasteiger partial charge on any atom is 0.341 e. The first kappa shape index (κ1) is 36.9. The Labute approximate surface area is 294 Å². The predicted molar refractivity (Wildman–Crippen MR) is 176 cm³/mol. The maximum absolute atomic E-state index is 13.5. The summed E-state index contributed by atoms with van der Waals surface area (Å²) in [5, 5.41) is 83.5. The first-order valence-electron chi connectivity index (χ1n) is 18.9. The molecule has 50 heavy (non-hydrogen) atoms. The van der Waals surface area contributed by atoms with E-state index in [1.807, 2.05) is 13.8 Å². The molecule has 4 aliphatic carbocycles. The van der Waals surface area contributed by atoms with Gasteiger partial charge in [-0.15, -0.1) is 0 Å². The molecule has 19 atom stereocenters. The molecule has 1 spiro atoms. The van der Waals surface area contributed by atoms with Crippen LogP contribution in [-0.2, 0) is 23.8 Å². The van der Waals surface area contributed by atoms with E-state index in [9.17, 15) is 45.3 Å². The van der Waals surface area contributed by atoms with Crippen molar-refractivity contribution in [3.8, 4) is 0 Å². The van der Waals surface area contributed by atoms with Crippen LogP contribution in [-0.4, -0.2) is 130 Å². The number of hydrogen-bond donors (Lipinski definition) is 7. The van der Waals surface area contributed by atoms with Crippen LogP contribution < -0.4 is 0 Å². The number of fused-ring (bicyclic) bond motifs is 5. The molecule has 0 amide bonds. The SMILES string of the molecule is CC[C@H](C)C(=O)O[C@H]1[C@H](O)[C@@H]2[C@H](CN3C[C@@H](C)CC[C@@H]3[C@@]2(C)O)[C@@H]2C[C@]34O[C@]5(O)[C@H](OC(=O)[C@](C)(O)[C@@H](C)O)CC[C@@]3(C)[C@H]5C[C@@H](O)[C@H]4[C@@]21O. The van der Waals surface area contributed by atoms with Gasteiger partial charge in [0.25, 0.3) is 0 Å². The Morgan fingerprint density at radius 3 is 2.38 bits per heavy atom. The van der Waals surface area contributed by atoms with Crippen molar-refractivity contribution in [3.05, 3.63) is 0 Å². The summed E-state index contributed by atoms with van der Waals surface area (Å²) in [7, 11) is 0. The Kier molecular flexibility index (Phi) is 8.52. The highest BCUT2D eigenvalue weighted by molar-refractivity contribution is 5.79. The molecular weight excluding hydrogens is 650 g/mol. The van der Waals surface area contributed by atoms with Gasteiger partial charge in [0, 0.05) is 42.3 Å². The minimum atomic E-state index is -2.25. The van der Waals surface area contributed by atoms with Crippen molar-refractivity contribution in [2.75, 3.05) is 13.1 Å². The molecule has 0 radical (unpaired) electrons. The summed E-state index contributed by atoms with van der Waals surface area (Å²) < 4.78 is 18.7. The van der Waals surface area contributed by atoms with Crippen LogP contribution >= 0.6 is 0 Å². The molecular formula is C37H59NO12. The highest BCUT2D eigenvalue weighted by Gasteiger charge is 2.87. The lowest BCUT2D eigenvalue weighted by atomic mass is 9.49. The van der Waals surface area contributed by atoms with Crippen molar-refractivity contribution in [3.63, 3.8) is 0 Å². The quantitative estimate of drug-likeness (QED) is 0.188. The zero-order valence-electron chi connectivity index (χ0n) is 30.5. The first-order chi connectivity index (χ1) is 23.1. The molecule has 0 aromatic carbocycles. The number of carbonyl (C=O) groups excluding carboxylic acids is 2. The summed E-state index contributed by atoms with van der Waals surface area (Å²) in [6.07, 6.45) is -4.15. The minimum absolute atomic E-state index is 0.0328. The predicted octanol–water partition coefficient (Wildman–Crippen LogP) is 0.466. The number of carbonyl (C=O) groups is 2. The fourth-order valence-electron chi connectivity index (χ4n) is 12.5. The summed E-state index contributed by atoms with van der Waals surface area (Å²) in [4.78, 5) is 28.9. The molecule has 3 saturated heterocycles. The van der Waals surface area contributed by atoms with Crippen molar-refractivity contribution in [1.29, 1.82) is 0 Å². The second kappa shape index (κ2) is 11.5. The van der Waals surface area contributed by atoms with Gasteiger partial charge in [0.1, 0.15) is 5.60 Å². The van der Waals surface area contributed by atoms with Crippen molar-refractivity contribution in [2.24, 2.45) is 46.8 Å². The van der Waals surface area contributed by atoms with Gasteiger partial charge in [0.05, 0.1) is 35.4 Å². The molecule has 0 aromatic rings. The van der Waals surface area contributed by atoms with Crippen LogP contribution in [0.2, 0.25) is 0 Å². The van der Waals surface area contributed by atoms with E-state index >= 15 is 0 Å². The average molecular weight is 710 g/mol. The monoisotopic (exact) mass is 709 g/mol. The molecule has 13 nitrogen and oxygen atoms in total. The van der Waals surface area contributed by atoms with Gasteiger partial charge in [-0.25, -0.2) is 4.79 Å². The van der Waals surface area contributed by atoms with E-state index in [2.05, 4.69) is 11.8 Å². The summed E-state index contributed by atoms with van der Waals surface area (Å²) in [5.74, 6) is -7.78. The molecule has 4 saturated carbocycles. The highest BCUT2D eigenvalue weighted by atomic mass is 16.7. The molecule has 7 N–H and O–H groups in total. The van der Waals surface area contributed by atoms with Gasteiger partial charge >= 0.3 is 11.9 Å². The van der Waals surface area contributed by atoms with Crippen LogP contribution in [0, 0.1) is 46.8 Å². The third-order valence-electron chi connectivity index (χ3n) is 15.5. The topological polar surface area (TPSA) is 207 Å². The third kappa shape index (κ3) is 4.57. The number of esters is 2. The molecule has 0 aromatic heterocycles.